The van der Waals surface area contributed by atoms with Gasteiger partial charge in [-0.15, -0.1) is 0 Å². The molecule has 0 bridgehead atoms. The first-order valence-electron chi connectivity index (χ1n) is 8.89. The molecule has 1 atom stereocenters. The average Bonchev–Trinajstić information content (AvgIpc) is 2.61. The summed E-state index contributed by atoms with van der Waals surface area (Å²) in [4.78, 5) is 19.8. The van der Waals surface area contributed by atoms with E-state index in [-0.39, 0.29) is 5.56 Å². The normalized spacial score (nSPS) is 19.1. The monoisotopic (exact) mass is 329 g/mol. The van der Waals surface area contributed by atoms with Crippen LogP contribution in [0.25, 0.3) is 10.9 Å². The van der Waals surface area contributed by atoms with E-state index in [1.54, 1.807) is 18.0 Å². The molecule has 5 nitrogen and oxygen atoms in total. The largest absolute Gasteiger partial charge is 0.494 e. The topological polar surface area (TPSA) is 47.4 Å². The van der Waals surface area contributed by atoms with Crippen molar-refractivity contribution in [2.75, 3.05) is 13.7 Å². The van der Waals surface area contributed by atoms with E-state index in [4.69, 9.17) is 4.74 Å². The summed E-state index contributed by atoms with van der Waals surface area (Å²) in [5.41, 5.74) is 0.661. The fraction of sp³-hybridized carbons (Fsp3) is 0.579. The number of likely N-dealkylation sites (tertiary alicyclic amines) is 1. The first-order chi connectivity index (χ1) is 11.6. The van der Waals surface area contributed by atoms with Crippen molar-refractivity contribution in [3.8, 4) is 5.75 Å². The van der Waals surface area contributed by atoms with Crippen LogP contribution in [-0.2, 0) is 6.54 Å². The number of methoxy groups -OCH3 is 1. The molecule has 130 valence electrons. The number of aromatic nitrogens is 2. The SMILES string of the molecule is COc1cccc2c(=O)n(CC[C@H]3CCCCN3C(C)C)cnc12. The Kier molecular flexibility index (Phi) is 5.19. The number of hydrogen-bond acceptors (Lipinski definition) is 4. The summed E-state index contributed by atoms with van der Waals surface area (Å²) in [6.45, 7) is 6.40. The van der Waals surface area contributed by atoms with Gasteiger partial charge in [0.15, 0.2) is 0 Å². The average molecular weight is 329 g/mol. The number of ether oxygens (including phenoxy) is 1. The third kappa shape index (κ3) is 3.31. The van der Waals surface area contributed by atoms with Crippen LogP contribution in [0.15, 0.2) is 29.3 Å². The number of aryl methyl sites for hydroxylation is 1. The van der Waals surface area contributed by atoms with Gasteiger partial charge in [-0.05, 0) is 51.8 Å². The highest BCUT2D eigenvalue weighted by molar-refractivity contribution is 5.83. The summed E-state index contributed by atoms with van der Waals surface area (Å²) >= 11 is 0. The Morgan fingerprint density at radius 1 is 1.33 bits per heavy atom. The summed E-state index contributed by atoms with van der Waals surface area (Å²) in [7, 11) is 1.60. The number of piperidine rings is 1. The van der Waals surface area contributed by atoms with Crippen molar-refractivity contribution in [1.82, 2.24) is 14.5 Å². The second-order valence-corrected chi connectivity index (χ2v) is 6.87. The van der Waals surface area contributed by atoms with Crippen LogP contribution >= 0.6 is 0 Å². The molecule has 0 N–H and O–H groups in total. The Balaban J connectivity index is 1.80. The van der Waals surface area contributed by atoms with Crippen LogP contribution in [0.2, 0.25) is 0 Å². The van der Waals surface area contributed by atoms with Crippen molar-refractivity contribution in [3.63, 3.8) is 0 Å². The van der Waals surface area contributed by atoms with Gasteiger partial charge in [0.05, 0.1) is 18.8 Å². The minimum Gasteiger partial charge on any atom is -0.494 e. The van der Waals surface area contributed by atoms with Crippen LogP contribution < -0.4 is 10.3 Å². The number of hydrogen-bond donors (Lipinski definition) is 0. The molecule has 0 amide bonds. The molecule has 1 aromatic carbocycles. The number of fused-ring (bicyclic) bond motifs is 1. The van der Waals surface area contributed by atoms with Crippen LogP contribution in [0.5, 0.6) is 5.75 Å². The third-order valence-corrected chi connectivity index (χ3v) is 5.08. The van der Waals surface area contributed by atoms with Crippen LogP contribution in [0.3, 0.4) is 0 Å². The van der Waals surface area contributed by atoms with Crippen molar-refractivity contribution in [1.29, 1.82) is 0 Å². The Hall–Kier alpha value is -1.88. The minimum absolute atomic E-state index is 0.0193. The second kappa shape index (κ2) is 7.34. The highest BCUT2D eigenvalue weighted by atomic mass is 16.5. The van der Waals surface area contributed by atoms with Crippen molar-refractivity contribution < 1.29 is 4.74 Å². The zero-order valence-electron chi connectivity index (χ0n) is 14.9. The zero-order chi connectivity index (χ0) is 17.1. The predicted octanol–water partition coefficient (Wildman–Crippen LogP) is 3.06. The Morgan fingerprint density at radius 2 is 2.17 bits per heavy atom. The van der Waals surface area contributed by atoms with Gasteiger partial charge in [-0.25, -0.2) is 4.98 Å². The molecule has 0 aliphatic carbocycles. The zero-order valence-corrected chi connectivity index (χ0v) is 14.9. The second-order valence-electron chi connectivity index (χ2n) is 6.87. The van der Waals surface area contributed by atoms with Gasteiger partial charge < -0.3 is 4.74 Å². The van der Waals surface area contributed by atoms with Gasteiger partial charge in [0, 0.05) is 18.6 Å². The van der Waals surface area contributed by atoms with E-state index in [0.717, 1.165) is 6.42 Å². The lowest BCUT2D eigenvalue weighted by Crippen LogP contribution is -2.44. The van der Waals surface area contributed by atoms with E-state index >= 15 is 0 Å². The predicted molar refractivity (Wildman–Crippen MR) is 96.7 cm³/mol. The maximum Gasteiger partial charge on any atom is 0.261 e. The maximum absolute atomic E-state index is 12.7. The lowest BCUT2D eigenvalue weighted by Gasteiger charge is -2.38. The summed E-state index contributed by atoms with van der Waals surface area (Å²) < 4.78 is 7.05. The highest BCUT2D eigenvalue weighted by Gasteiger charge is 2.24. The maximum atomic E-state index is 12.7. The van der Waals surface area contributed by atoms with Crippen LogP contribution in [0.4, 0.5) is 0 Å². The fourth-order valence-electron chi connectivity index (χ4n) is 3.79. The quantitative estimate of drug-likeness (QED) is 0.846. The van der Waals surface area contributed by atoms with E-state index in [2.05, 4.69) is 23.7 Å². The van der Waals surface area contributed by atoms with Gasteiger partial charge in [-0.1, -0.05) is 12.5 Å². The standard InChI is InChI=1S/C19H27N3O2/c1-14(2)22-11-5-4-7-15(22)10-12-21-13-20-18-16(19(21)23)8-6-9-17(18)24-3/h6,8-9,13-15H,4-5,7,10-12H2,1-3H3/t15-/m1/s1. The molecule has 1 aliphatic heterocycles. The molecule has 24 heavy (non-hydrogen) atoms. The van der Waals surface area contributed by atoms with Crippen LogP contribution in [0, 0.1) is 0 Å². The summed E-state index contributed by atoms with van der Waals surface area (Å²) in [6, 6.07) is 6.63. The first-order valence-corrected chi connectivity index (χ1v) is 8.89. The molecule has 5 heteroatoms. The van der Waals surface area contributed by atoms with Crippen LogP contribution in [0.1, 0.15) is 39.5 Å². The van der Waals surface area contributed by atoms with Crippen molar-refractivity contribution in [3.05, 3.63) is 34.9 Å². The van der Waals surface area contributed by atoms with E-state index in [1.807, 2.05) is 18.2 Å². The van der Waals surface area contributed by atoms with Gasteiger partial charge in [0.1, 0.15) is 11.3 Å². The smallest absolute Gasteiger partial charge is 0.261 e. The third-order valence-electron chi connectivity index (χ3n) is 5.08. The van der Waals surface area contributed by atoms with Gasteiger partial charge in [0.2, 0.25) is 0 Å². The molecule has 2 heterocycles. The number of benzene rings is 1. The van der Waals surface area contributed by atoms with Crippen molar-refractivity contribution in [2.24, 2.45) is 0 Å². The van der Waals surface area contributed by atoms with Crippen molar-refractivity contribution in [2.45, 2.75) is 58.2 Å². The van der Waals surface area contributed by atoms with E-state index in [1.165, 1.54) is 25.8 Å². The molecule has 0 unspecified atom stereocenters. The minimum atomic E-state index is 0.0193. The Bertz CT molecular complexity index is 754. The van der Waals surface area contributed by atoms with Gasteiger partial charge in [-0.3, -0.25) is 14.3 Å². The number of para-hydroxylation sites is 1. The highest BCUT2D eigenvalue weighted by Crippen LogP contribution is 2.23. The Morgan fingerprint density at radius 3 is 2.92 bits per heavy atom. The summed E-state index contributed by atoms with van der Waals surface area (Å²) in [6.07, 6.45) is 6.45. The van der Waals surface area contributed by atoms with Crippen LogP contribution in [-0.4, -0.2) is 40.2 Å². The van der Waals surface area contributed by atoms with Gasteiger partial charge in [0.25, 0.3) is 5.56 Å². The van der Waals surface area contributed by atoms with Crippen molar-refractivity contribution >= 4 is 10.9 Å². The lowest BCUT2D eigenvalue weighted by atomic mass is 9.97. The molecule has 0 saturated carbocycles. The molecule has 2 aromatic rings. The molecule has 0 spiro atoms. The molecule has 3 rings (SSSR count). The van der Waals surface area contributed by atoms with Gasteiger partial charge >= 0.3 is 0 Å². The molecule has 1 fully saturated rings. The number of rotatable bonds is 5. The molecule has 1 saturated heterocycles. The molecule has 1 aliphatic rings. The fourth-order valence-corrected chi connectivity index (χ4v) is 3.79. The summed E-state index contributed by atoms with van der Waals surface area (Å²) in [5, 5.41) is 0.626. The number of nitrogens with zero attached hydrogens (tertiary/aromatic N) is 3. The summed E-state index contributed by atoms with van der Waals surface area (Å²) in [5.74, 6) is 0.648. The molecular formula is C19H27N3O2. The first kappa shape index (κ1) is 17.0. The van der Waals surface area contributed by atoms with E-state index < -0.39 is 0 Å². The van der Waals surface area contributed by atoms with E-state index in [9.17, 15) is 4.79 Å². The Labute approximate surface area is 143 Å². The van der Waals surface area contributed by atoms with Gasteiger partial charge in [-0.2, -0.15) is 0 Å². The molecule has 1 aromatic heterocycles. The van der Waals surface area contributed by atoms with E-state index in [0.29, 0.717) is 35.3 Å². The molecular weight excluding hydrogens is 302 g/mol. The molecule has 0 radical (unpaired) electrons. The lowest BCUT2D eigenvalue weighted by molar-refractivity contribution is 0.102.